The first-order chi connectivity index (χ1) is 9.52. The van der Waals surface area contributed by atoms with Crippen molar-refractivity contribution in [1.29, 1.82) is 0 Å². The normalized spacial score (nSPS) is 12.1. The molecule has 0 radical (unpaired) electrons. The van der Waals surface area contributed by atoms with E-state index in [1.807, 2.05) is 19.1 Å². The summed E-state index contributed by atoms with van der Waals surface area (Å²) in [5, 5.41) is 3.77. The molecule has 1 atom stereocenters. The number of rotatable bonds is 4. The third-order valence-corrected chi connectivity index (χ3v) is 3.77. The van der Waals surface area contributed by atoms with Gasteiger partial charge in [-0.2, -0.15) is 0 Å². The van der Waals surface area contributed by atoms with Crippen molar-refractivity contribution in [3.63, 3.8) is 0 Å². The van der Waals surface area contributed by atoms with Crippen molar-refractivity contribution in [3.05, 3.63) is 57.3 Å². The Hall–Kier alpha value is -1.26. The third-order valence-electron chi connectivity index (χ3n) is 2.97. The van der Waals surface area contributed by atoms with Crippen LogP contribution in [0.5, 0.6) is 5.75 Å². The molecular weight excluding hydrogens is 345 g/mol. The Balaban J connectivity index is 2.30. The molecule has 2 nitrogen and oxygen atoms in total. The number of methoxy groups -OCH3 is 1. The number of hydrogen-bond donors (Lipinski definition) is 1. The number of hydrogen-bond acceptors (Lipinski definition) is 2. The van der Waals surface area contributed by atoms with E-state index in [0.717, 1.165) is 10.2 Å². The number of ether oxygens (including phenoxy) is 1. The Bertz CT molecular complexity index is 621. The van der Waals surface area contributed by atoms with E-state index in [-0.39, 0.29) is 11.9 Å². The average Bonchev–Trinajstić information content (AvgIpc) is 2.41. The van der Waals surface area contributed by atoms with Crippen molar-refractivity contribution in [3.8, 4) is 5.75 Å². The zero-order valence-electron chi connectivity index (χ0n) is 11.1. The van der Waals surface area contributed by atoms with Crippen LogP contribution in [0.3, 0.4) is 0 Å². The predicted octanol–water partition coefficient (Wildman–Crippen LogP) is 5.42. The zero-order valence-corrected chi connectivity index (χ0v) is 13.4. The molecule has 0 aliphatic rings. The Morgan fingerprint density at radius 2 is 2.05 bits per heavy atom. The maximum absolute atomic E-state index is 14.0. The van der Waals surface area contributed by atoms with Crippen LogP contribution in [0.1, 0.15) is 18.5 Å². The highest BCUT2D eigenvalue weighted by Gasteiger charge is 2.17. The number of benzene rings is 2. The van der Waals surface area contributed by atoms with Gasteiger partial charge < -0.3 is 10.1 Å². The molecule has 0 aliphatic carbocycles. The van der Waals surface area contributed by atoms with Crippen LogP contribution >= 0.6 is 27.5 Å². The summed E-state index contributed by atoms with van der Waals surface area (Å²) < 4.78 is 20.1. The molecular formula is C15H14BrClFNO. The summed E-state index contributed by atoms with van der Waals surface area (Å²) in [6.07, 6.45) is 0. The van der Waals surface area contributed by atoms with Gasteiger partial charge in [-0.3, -0.25) is 0 Å². The largest absolute Gasteiger partial charge is 0.496 e. The molecule has 0 bridgehead atoms. The van der Waals surface area contributed by atoms with Crippen molar-refractivity contribution in [1.82, 2.24) is 0 Å². The van der Waals surface area contributed by atoms with Gasteiger partial charge in [-0.05, 0) is 37.3 Å². The van der Waals surface area contributed by atoms with Gasteiger partial charge >= 0.3 is 0 Å². The lowest BCUT2D eigenvalue weighted by Crippen LogP contribution is -2.10. The molecule has 20 heavy (non-hydrogen) atoms. The smallest absolute Gasteiger partial charge is 0.132 e. The molecule has 0 aliphatic heterocycles. The summed E-state index contributed by atoms with van der Waals surface area (Å²) in [6, 6.07) is 10.0. The van der Waals surface area contributed by atoms with Gasteiger partial charge in [-0.25, -0.2) is 4.39 Å². The molecule has 5 heteroatoms. The second-order valence-electron chi connectivity index (χ2n) is 4.35. The first-order valence-corrected chi connectivity index (χ1v) is 7.24. The van der Waals surface area contributed by atoms with Crippen LogP contribution in [-0.4, -0.2) is 7.11 Å². The van der Waals surface area contributed by atoms with Gasteiger partial charge in [0.15, 0.2) is 0 Å². The van der Waals surface area contributed by atoms with Crippen LogP contribution in [0.4, 0.5) is 10.1 Å². The third kappa shape index (κ3) is 3.25. The second-order valence-corrected chi connectivity index (χ2v) is 5.67. The Morgan fingerprint density at radius 3 is 2.70 bits per heavy atom. The van der Waals surface area contributed by atoms with Crippen LogP contribution in [0.2, 0.25) is 5.02 Å². The predicted molar refractivity (Wildman–Crippen MR) is 84.1 cm³/mol. The van der Waals surface area contributed by atoms with Crippen LogP contribution < -0.4 is 10.1 Å². The number of nitrogens with one attached hydrogen (secondary N) is 1. The van der Waals surface area contributed by atoms with E-state index in [1.54, 1.807) is 18.2 Å². The molecule has 0 aromatic heterocycles. The van der Waals surface area contributed by atoms with E-state index in [9.17, 15) is 4.39 Å². The minimum absolute atomic E-state index is 0.273. The van der Waals surface area contributed by atoms with Crippen molar-refractivity contribution in [2.45, 2.75) is 13.0 Å². The molecule has 2 aromatic rings. The summed E-state index contributed by atoms with van der Waals surface area (Å²) in [5.41, 5.74) is 1.22. The lowest BCUT2D eigenvalue weighted by atomic mass is 10.1. The summed E-state index contributed by atoms with van der Waals surface area (Å²) in [6.45, 7) is 1.86. The van der Waals surface area contributed by atoms with Crippen molar-refractivity contribution < 1.29 is 9.13 Å². The lowest BCUT2D eigenvalue weighted by molar-refractivity contribution is 0.402. The van der Waals surface area contributed by atoms with Gasteiger partial charge in [0.05, 0.1) is 29.4 Å². The quantitative estimate of drug-likeness (QED) is 0.787. The monoisotopic (exact) mass is 357 g/mol. The minimum atomic E-state index is -0.308. The van der Waals surface area contributed by atoms with Gasteiger partial charge in [0.2, 0.25) is 0 Å². The summed E-state index contributed by atoms with van der Waals surface area (Å²) in [4.78, 5) is 0. The van der Waals surface area contributed by atoms with Gasteiger partial charge in [-0.15, -0.1) is 0 Å². The lowest BCUT2D eigenvalue weighted by Gasteiger charge is -2.19. The second kappa shape index (κ2) is 6.46. The Labute approximate surface area is 131 Å². The van der Waals surface area contributed by atoms with Crippen LogP contribution in [0.25, 0.3) is 0 Å². The standard InChI is InChI=1S/C15H14BrClFNO/c1-9(15-12(18)4-3-5-14(15)20-2)19-13-7-6-10(16)8-11(13)17/h3-9,19H,1-2H3. The van der Waals surface area contributed by atoms with E-state index in [1.165, 1.54) is 13.2 Å². The van der Waals surface area contributed by atoms with E-state index in [4.69, 9.17) is 16.3 Å². The van der Waals surface area contributed by atoms with E-state index in [0.29, 0.717) is 16.3 Å². The number of halogens is 3. The topological polar surface area (TPSA) is 21.3 Å². The van der Waals surface area contributed by atoms with Gasteiger partial charge in [0.25, 0.3) is 0 Å². The van der Waals surface area contributed by atoms with E-state index >= 15 is 0 Å². The molecule has 0 saturated heterocycles. The highest BCUT2D eigenvalue weighted by atomic mass is 79.9. The Morgan fingerprint density at radius 1 is 1.30 bits per heavy atom. The SMILES string of the molecule is COc1cccc(F)c1C(C)Nc1ccc(Br)cc1Cl. The fourth-order valence-corrected chi connectivity index (χ4v) is 2.76. The maximum atomic E-state index is 14.0. The molecule has 2 rings (SSSR count). The fourth-order valence-electron chi connectivity index (χ4n) is 2.03. The van der Waals surface area contributed by atoms with Crippen molar-refractivity contribution in [2.75, 3.05) is 12.4 Å². The molecule has 0 fully saturated rings. The Kier molecular flexibility index (Phi) is 4.89. The maximum Gasteiger partial charge on any atom is 0.132 e. The highest BCUT2D eigenvalue weighted by molar-refractivity contribution is 9.10. The summed E-state index contributed by atoms with van der Waals surface area (Å²) in [7, 11) is 1.53. The van der Waals surface area contributed by atoms with Crippen molar-refractivity contribution >= 4 is 33.2 Å². The minimum Gasteiger partial charge on any atom is -0.496 e. The van der Waals surface area contributed by atoms with Gasteiger partial charge in [-0.1, -0.05) is 33.6 Å². The van der Waals surface area contributed by atoms with Crippen LogP contribution in [0, 0.1) is 5.82 Å². The van der Waals surface area contributed by atoms with Crippen LogP contribution in [0.15, 0.2) is 40.9 Å². The molecule has 0 amide bonds. The highest BCUT2D eigenvalue weighted by Crippen LogP contribution is 2.33. The molecule has 106 valence electrons. The van der Waals surface area contributed by atoms with Gasteiger partial charge in [0.1, 0.15) is 11.6 Å². The molecule has 2 aromatic carbocycles. The van der Waals surface area contributed by atoms with Gasteiger partial charge in [0, 0.05) is 4.47 Å². The number of anilines is 1. The molecule has 0 spiro atoms. The molecule has 0 saturated carbocycles. The molecule has 1 N–H and O–H groups in total. The average molecular weight is 359 g/mol. The fraction of sp³-hybridized carbons (Fsp3) is 0.200. The molecule has 0 heterocycles. The summed E-state index contributed by atoms with van der Waals surface area (Å²) in [5.74, 6) is 0.204. The first-order valence-electron chi connectivity index (χ1n) is 6.07. The summed E-state index contributed by atoms with van der Waals surface area (Å²) >= 11 is 9.51. The van der Waals surface area contributed by atoms with E-state index < -0.39 is 0 Å². The van der Waals surface area contributed by atoms with E-state index in [2.05, 4.69) is 21.2 Å². The zero-order chi connectivity index (χ0) is 14.7. The molecule has 1 unspecified atom stereocenters. The van der Waals surface area contributed by atoms with Crippen molar-refractivity contribution in [2.24, 2.45) is 0 Å². The first kappa shape index (κ1) is 15.1. The van der Waals surface area contributed by atoms with Crippen LogP contribution in [-0.2, 0) is 0 Å².